The zero-order chi connectivity index (χ0) is 26.6. The van der Waals surface area contributed by atoms with E-state index in [0.717, 1.165) is 41.8 Å². The maximum absolute atomic E-state index is 13.7. The monoisotopic (exact) mass is 518 g/mol. The molecule has 0 bridgehead atoms. The number of benzene rings is 1. The van der Waals surface area contributed by atoms with Crippen LogP contribution in [0, 0.1) is 0 Å². The van der Waals surface area contributed by atoms with E-state index in [4.69, 9.17) is 23.9 Å². The molecule has 0 saturated heterocycles. The number of nitrogens with zero attached hydrogens (tertiary/aromatic N) is 2. The van der Waals surface area contributed by atoms with E-state index in [1.165, 1.54) is 0 Å². The predicted molar refractivity (Wildman–Crippen MR) is 143 cm³/mol. The summed E-state index contributed by atoms with van der Waals surface area (Å²) in [5, 5.41) is 0. The van der Waals surface area contributed by atoms with Crippen LogP contribution in [-0.4, -0.2) is 42.5 Å². The number of hydrogen-bond donors (Lipinski definition) is 0. The number of esters is 1. The lowest BCUT2D eigenvalue weighted by Crippen LogP contribution is -2.28. The number of ether oxygens (including phenoxy) is 4. The second kappa shape index (κ2) is 11.4. The van der Waals surface area contributed by atoms with Crippen molar-refractivity contribution in [3.05, 3.63) is 75.2 Å². The molecule has 1 aliphatic heterocycles. The molecular weight excluding hydrogens is 484 g/mol. The number of hydrogen-bond acceptors (Lipinski definition) is 7. The summed E-state index contributed by atoms with van der Waals surface area (Å²) in [5.74, 6) is 0.613. The van der Waals surface area contributed by atoms with Gasteiger partial charge in [-0.25, -0.2) is 9.78 Å². The summed E-state index contributed by atoms with van der Waals surface area (Å²) in [5.41, 5.74) is 3.62. The van der Waals surface area contributed by atoms with E-state index in [0.29, 0.717) is 36.9 Å². The van der Waals surface area contributed by atoms with Crippen molar-refractivity contribution < 1.29 is 23.7 Å². The van der Waals surface area contributed by atoms with Gasteiger partial charge in [0, 0.05) is 38.3 Å². The van der Waals surface area contributed by atoms with Gasteiger partial charge in [-0.15, -0.1) is 0 Å². The molecule has 200 valence electrons. The highest BCUT2D eigenvalue weighted by Gasteiger charge is 2.35. The molecular formula is C30H34N2O6. The highest BCUT2D eigenvalue weighted by molar-refractivity contribution is 5.90. The van der Waals surface area contributed by atoms with Crippen LogP contribution in [0.4, 0.5) is 0 Å². The molecule has 3 heterocycles. The molecule has 38 heavy (non-hydrogen) atoms. The molecule has 5 rings (SSSR count). The third-order valence-corrected chi connectivity index (χ3v) is 6.94. The van der Waals surface area contributed by atoms with Crippen molar-refractivity contribution in [3.8, 4) is 22.9 Å². The first-order chi connectivity index (χ1) is 18.5. The van der Waals surface area contributed by atoms with E-state index >= 15 is 0 Å². The molecule has 1 atom stereocenters. The number of methoxy groups -OCH3 is 1. The fourth-order valence-electron chi connectivity index (χ4n) is 4.88. The first-order valence-electron chi connectivity index (χ1n) is 13.3. The van der Waals surface area contributed by atoms with Crippen molar-refractivity contribution in [1.29, 1.82) is 0 Å². The van der Waals surface area contributed by atoms with Crippen LogP contribution in [0.15, 0.2) is 47.4 Å². The molecule has 0 spiro atoms. The number of carbonyl (C=O) groups is 1. The molecule has 1 saturated carbocycles. The topological polar surface area (TPSA) is 88.9 Å². The molecule has 1 aromatic carbocycles. The third-order valence-electron chi connectivity index (χ3n) is 6.94. The average Bonchev–Trinajstić information content (AvgIpc) is 3.76. The van der Waals surface area contributed by atoms with E-state index in [2.05, 4.69) is 13.0 Å². The standard InChI is InChI=1S/C30H34N2O6/c1-4-36-30(34)23-17-32-19(2)15-22-16-24(37-14-8-13-35-3)25(21-11-12-21)31-26(22)27(32)29(28(23)33)38-18-20-9-6-5-7-10-20/h5-7,9-10,16-17,19,21H,4,8,11-15,18H2,1-3H3/t19-/m1/s1. The van der Waals surface area contributed by atoms with Crippen LogP contribution >= 0.6 is 0 Å². The van der Waals surface area contributed by atoms with Gasteiger partial charge in [0.1, 0.15) is 23.6 Å². The van der Waals surface area contributed by atoms with Crippen molar-refractivity contribution in [1.82, 2.24) is 9.55 Å². The lowest BCUT2D eigenvalue weighted by molar-refractivity contribution is 0.0523. The number of rotatable bonds is 11. The van der Waals surface area contributed by atoms with Crippen molar-refractivity contribution >= 4 is 5.97 Å². The molecule has 1 aliphatic carbocycles. The second-order valence-corrected chi connectivity index (χ2v) is 9.85. The van der Waals surface area contributed by atoms with Crippen LogP contribution in [0.1, 0.15) is 72.2 Å². The van der Waals surface area contributed by atoms with Gasteiger partial charge >= 0.3 is 5.97 Å². The van der Waals surface area contributed by atoms with Gasteiger partial charge in [-0.05, 0) is 50.3 Å². The Balaban J connectivity index is 1.62. The minimum absolute atomic E-state index is 0.0329. The molecule has 0 amide bonds. The van der Waals surface area contributed by atoms with E-state index in [9.17, 15) is 9.59 Å². The van der Waals surface area contributed by atoms with Crippen LogP contribution in [0.3, 0.4) is 0 Å². The quantitative estimate of drug-likeness (QED) is 0.258. The zero-order valence-corrected chi connectivity index (χ0v) is 22.2. The zero-order valence-electron chi connectivity index (χ0n) is 22.2. The molecule has 8 nitrogen and oxygen atoms in total. The summed E-state index contributed by atoms with van der Waals surface area (Å²) in [4.78, 5) is 31.5. The highest BCUT2D eigenvalue weighted by Crippen LogP contribution is 2.47. The molecule has 0 N–H and O–H groups in total. The lowest BCUT2D eigenvalue weighted by Gasteiger charge is -2.30. The number of aromatic nitrogens is 2. The van der Waals surface area contributed by atoms with Gasteiger partial charge in [-0.1, -0.05) is 30.3 Å². The first kappa shape index (κ1) is 26.0. The summed E-state index contributed by atoms with van der Waals surface area (Å²) < 4.78 is 24.7. The van der Waals surface area contributed by atoms with E-state index in [1.807, 2.05) is 34.9 Å². The predicted octanol–water partition coefficient (Wildman–Crippen LogP) is 5.08. The Morgan fingerprint density at radius 1 is 1.13 bits per heavy atom. The van der Waals surface area contributed by atoms with Crippen LogP contribution in [-0.2, 0) is 22.5 Å². The lowest BCUT2D eigenvalue weighted by atomic mass is 9.95. The van der Waals surface area contributed by atoms with Gasteiger partial charge in [0.2, 0.25) is 5.43 Å². The summed E-state index contributed by atoms with van der Waals surface area (Å²) in [6, 6.07) is 11.7. The third kappa shape index (κ3) is 5.31. The van der Waals surface area contributed by atoms with Gasteiger partial charge in [0.05, 0.1) is 24.6 Å². The smallest absolute Gasteiger partial charge is 0.343 e. The second-order valence-electron chi connectivity index (χ2n) is 9.85. The highest BCUT2D eigenvalue weighted by atomic mass is 16.5. The summed E-state index contributed by atoms with van der Waals surface area (Å²) in [6.45, 7) is 5.33. The van der Waals surface area contributed by atoms with Gasteiger partial charge in [-0.3, -0.25) is 4.79 Å². The van der Waals surface area contributed by atoms with Crippen LogP contribution in [0.5, 0.6) is 11.5 Å². The average molecular weight is 519 g/mol. The Morgan fingerprint density at radius 2 is 1.92 bits per heavy atom. The molecule has 1 fully saturated rings. The first-order valence-corrected chi connectivity index (χ1v) is 13.3. The maximum atomic E-state index is 13.7. The van der Waals surface area contributed by atoms with Crippen molar-refractivity contribution in [3.63, 3.8) is 0 Å². The number of carbonyl (C=O) groups excluding carboxylic acids is 1. The summed E-state index contributed by atoms with van der Waals surface area (Å²) in [7, 11) is 1.68. The fourth-order valence-corrected chi connectivity index (χ4v) is 4.88. The number of fused-ring (bicyclic) bond motifs is 3. The normalized spacial score (nSPS) is 15.9. The molecule has 2 aromatic heterocycles. The minimum Gasteiger partial charge on any atom is -0.492 e. The van der Waals surface area contributed by atoms with Gasteiger partial charge in [0.25, 0.3) is 0 Å². The Hall–Kier alpha value is -3.65. The van der Waals surface area contributed by atoms with Crippen LogP contribution < -0.4 is 14.9 Å². The maximum Gasteiger partial charge on any atom is 0.343 e. The van der Waals surface area contributed by atoms with E-state index in [-0.39, 0.29) is 30.6 Å². The largest absolute Gasteiger partial charge is 0.492 e. The van der Waals surface area contributed by atoms with Crippen molar-refractivity contribution in [2.45, 2.75) is 58.1 Å². The van der Waals surface area contributed by atoms with Gasteiger partial charge in [-0.2, -0.15) is 0 Å². The minimum atomic E-state index is -0.651. The van der Waals surface area contributed by atoms with Crippen LogP contribution in [0.2, 0.25) is 0 Å². The van der Waals surface area contributed by atoms with Gasteiger partial charge < -0.3 is 23.5 Å². The molecule has 3 aromatic rings. The van der Waals surface area contributed by atoms with Crippen molar-refractivity contribution in [2.24, 2.45) is 0 Å². The molecule has 2 aliphatic rings. The number of pyridine rings is 2. The SMILES string of the molecule is CCOC(=O)c1cn2c(c(OCc3ccccc3)c1=O)-c1nc(C3CC3)c(OCCCOC)cc1C[C@H]2C. The molecule has 0 radical (unpaired) electrons. The fraction of sp³-hybridized carbons (Fsp3) is 0.433. The summed E-state index contributed by atoms with van der Waals surface area (Å²) >= 11 is 0. The summed E-state index contributed by atoms with van der Waals surface area (Å²) in [6.07, 6.45) is 5.19. The molecule has 8 heteroatoms. The molecule has 0 unspecified atom stereocenters. The van der Waals surface area contributed by atoms with Gasteiger partial charge in [0.15, 0.2) is 5.75 Å². The van der Waals surface area contributed by atoms with E-state index in [1.54, 1.807) is 20.2 Å². The Bertz CT molecular complexity index is 1360. The van der Waals surface area contributed by atoms with Crippen molar-refractivity contribution in [2.75, 3.05) is 26.9 Å². The Labute approximate surface area is 222 Å². The van der Waals surface area contributed by atoms with Crippen LogP contribution in [0.25, 0.3) is 11.4 Å². The Morgan fingerprint density at radius 3 is 2.63 bits per heavy atom. The van der Waals surface area contributed by atoms with E-state index < -0.39 is 11.4 Å². The Kier molecular flexibility index (Phi) is 7.79.